The number of rotatable bonds is 2. The summed E-state index contributed by atoms with van der Waals surface area (Å²) in [7, 11) is 0. The van der Waals surface area contributed by atoms with Gasteiger partial charge in [-0.1, -0.05) is 0 Å². The van der Waals surface area contributed by atoms with Crippen molar-refractivity contribution in [2.24, 2.45) is 5.73 Å². The minimum absolute atomic E-state index is 0.0958. The van der Waals surface area contributed by atoms with Crippen LogP contribution in [-0.2, 0) is 0 Å². The van der Waals surface area contributed by atoms with E-state index in [0.29, 0.717) is 5.56 Å². The van der Waals surface area contributed by atoms with Gasteiger partial charge in [0.1, 0.15) is 0 Å². The number of nitriles is 1. The van der Waals surface area contributed by atoms with E-state index >= 15 is 0 Å². The van der Waals surface area contributed by atoms with Crippen LogP contribution in [0.25, 0.3) is 0 Å². The van der Waals surface area contributed by atoms with Gasteiger partial charge in [0, 0.05) is 29.1 Å². The van der Waals surface area contributed by atoms with Gasteiger partial charge >= 0.3 is 0 Å². The predicted molar refractivity (Wildman–Crippen MR) is 53.7 cm³/mol. The highest BCUT2D eigenvalue weighted by Crippen LogP contribution is 2.12. The quantitative estimate of drug-likeness (QED) is 0.728. The molecule has 0 aromatic carbocycles. The number of pyridine rings is 1. The molecule has 0 saturated carbocycles. The minimum Gasteiger partial charge on any atom is -0.362 e. The Bertz CT molecular complexity index is 428. The average molecular weight is 191 g/mol. The summed E-state index contributed by atoms with van der Waals surface area (Å²) in [5.74, 6) is 0. The van der Waals surface area contributed by atoms with Crippen molar-refractivity contribution in [2.45, 2.75) is 26.3 Å². The fraction of sp³-hybridized carbons (Fsp3) is 0.400. The van der Waals surface area contributed by atoms with E-state index in [0.717, 1.165) is 11.4 Å². The molecule has 0 radical (unpaired) electrons. The number of aryl methyl sites for hydroxylation is 2. The summed E-state index contributed by atoms with van der Waals surface area (Å²) in [5, 5.41) is 8.49. The molecule has 0 saturated heterocycles. The van der Waals surface area contributed by atoms with Crippen LogP contribution in [0.15, 0.2) is 10.9 Å². The SMILES string of the molecule is Cc1cc(=O)c([C@H](N)CC#N)c(C)[nH]1. The third kappa shape index (κ3) is 2.01. The standard InChI is InChI=1S/C10H13N3O/c1-6-5-9(14)10(7(2)13-6)8(12)3-4-11/h5,8H,3,12H2,1-2H3,(H,13,14)/t8-/m1/s1. The fourth-order valence-corrected chi connectivity index (χ4v) is 1.52. The Hall–Kier alpha value is -1.60. The lowest BCUT2D eigenvalue weighted by molar-refractivity contribution is 0.727. The van der Waals surface area contributed by atoms with Crippen LogP contribution in [0.3, 0.4) is 0 Å². The van der Waals surface area contributed by atoms with Crippen LogP contribution in [0.1, 0.15) is 29.4 Å². The van der Waals surface area contributed by atoms with Crippen LogP contribution in [-0.4, -0.2) is 4.98 Å². The molecule has 0 fully saturated rings. The third-order valence-electron chi connectivity index (χ3n) is 2.08. The number of nitrogens with two attached hydrogens (primary N) is 1. The van der Waals surface area contributed by atoms with Crippen LogP contribution < -0.4 is 11.2 Å². The van der Waals surface area contributed by atoms with Gasteiger partial charge < -0.3 is 10.7 Å². The van der Waals surface area contributed by atoms with Gasteiger partial charge in [0.25, 0.3) is 0 Å². The molecule has 0 unspecified atom stereocenters. The Morgan fingerprint density at radius 2 is 2.29 bits per heavy atom. The van der Waals surface area contributed by atoms with E-state index in [-0.39, 0.29) is 11.8 Å². The number of H-pyrrole nitrogens is 1. The summed E-state index contributed by atoms with van der Waals surface area (Å²) in [6.07, 6.45) is 0.160. The summed E-state index contributed by atoms with van der Waals surface area (Å²) in [6.45, 7) is 3.61. The number of aromatic amines is 1. The van der Waals surface area contributed by atoms with Crippen molar-refractivity contribution >= 4 is 0 Å². The highest BCUT2D eigenvalue weighted by Gasteiger charge is 2.12. The molecule has 1 aromatic rings. The molecule has 0 bridgehead atoms. The molecule has 0 spiro atoms. The van der Waals surface area contributed by atoms with E-state index in [1.54, 1.807) is 6.92 Å². The van der Waals surface area contributed by atoms with Crippen LogP contribution in [0.5, 0.6) is 0 Å². The maximum Gasteiger partial charge on any atom is 0.186 e. The van der Waals surface area contributed by atoms with Gasteiger partial charge in [-0.05, 0) is 13.8 Å². The zero-order valence-electron chi connectivity index (χ0n) is 8.29. The Morgan fingerprint density at radius 1 is 1.64 bits per heavy atom. The van der Waals surface area contributed by atoms with Gasteiger partial charge in [0.05, 0.1) is 12.5 Å². The maximum absolute atomic E-state index is 11.6. The first-order chi connectivity index (χ1) is 6.56. The summed E-state index contributed by atoms with van der Waals surface area (Å²) >= 11 is 0. The molecule has 4 heteroatoms. The van der Waals surface area contributed by atoms with Crippen molar-refractivity contribution in [1.82, 2.24) is 4.98 Å². The average Bonchev–Trinajstić information content (AvgIpc) is 2.01. The maximum atomic E-state index is 11.6. The Kier molecular flexibility index (Phi) is 3.05. The largest absolute Gasteiger partial charge is 0.362 e. The van der Waals surface area contributed by atoms with Crippen molar-refractivity contribution in [1.29, 1.82) is 5.26 Å². The van der Waals surface area contributed by atoms with E-state index in [9.17, 15) is 4.79 Å². The zero-order chi connectivity index (χ0) is 10.7. The minimum atomic E-state index is -0.496. The second-order valence-corrected chi connectivity index (χ2v) is 3.32. The molecule has 4 nitrogen and oxygen atoms in total. The molecule has 0 aliphatic rings. The van der Waals surface area contributed by atoms with Gasteiger partial charge in [-0.2, -0.15) is 5.26 Å². The lowest BCUT2D eigenvalue weighted by Gasteiger charge is -2.10. The Labute approximate surface area is 82.4 Å². The summed E-state index contributed by atoms with van der Waals surface area (Å²) in [5.41, 5.74) is 7.68. The second-order valence-electron chi connectivity index (χ2n) is 3.32. The summed E-state index contributed by atoms with van der Waals surface area (Å²) < 4.78 is 0. The van der Waals surface area contributed by atoms with E-state index in [4.69, 9.17) is 11.0 Å². The third-order valence-corrected chi connectivity index (χ3v) is 2.08. The van der Waals surface area contributed by atoms with E-state index in [1.165, 1.54) is 6.07 Å². The van der Waals surface area contributed by atoms with Crippen LogP contribution in [0.2, 0.25) is 0 Å². The van der Waals surface area contributed by atoms with Crippen molar-refractivity contribution in [3.8, 4) is 6.07 Å². The van der Waals surface area contributed by atoms with Crippen molar-refractivity contribution in [2.75, 3.05) is 0 Å². The summed E-state index contributed by atoms with van der Waals surface area (Å²) in [4.78, 5) is 14.6. The predicted octanol–water partition coefficient (Wildman–Crippen LogP) is 0.905. The molecule has 74 valence electrons. The summed E-state index contributed by atoms with van der Waals surface area (Å²) in [6, 6.07) is 2.96. The molecule has 0 amide bonds. The molecule has 14 heavy (non-hydrogen) atoms. The molecule has 0 aliphatic heterocycles. The smallest absolute Gasteiger partial charge is 0.186 e. The van der Waals surface area contributed by atoms with Crippen molar-refractivity contribution < 1.29 is 0 Å². The molecular formula is C10H13N3O. The highest BCUT2D eigenvalue weighted by atomic mass is 16.1. The second kappa shape index (κ2) is 4.07. The monoisotopic (exact) mass is 191 g/mol. The highest BCUT2D eigenvalue weighted by molar-refractivity contribution is 5.25. The van der Waals surface area contributed by atoms with Crippen LogP contribution >= 0.6 is 0 Å². The number of hydrogen-bond acceptors (Lipinski definition) is 3. The molecule has 3 N–H and O–H groups in total. The van der Waals surface area contributed by atoms with E-state index < -0.39 is 6.04 Å². The lowest BCUT2D eigenvalue weighted by atomic mass is 10.0. The molecule has 1 heterocycles. The van der Waals surface area contributed by atoms with Crippen molar-refractivity contribution in [3.63, 3.8) is 0 Å². The first kappa shape index (κ1) is 10.5. The van der Waals surface area contributed by atoms with E-state index in [1.807, 2.05) is 13.0 Å². The number of aromatic nitrogens is 1. The van der Waals surface area contributed by atoms with Crippen LogP contribution in [0, 0.1) is 25.2 Å². The molecule has 1 aromatic heterocycles. The Balaban J connectivity index is 3.22. The fourth-order valence-electron chi connectivity index (χ4n) is 1.52. The lowest BCUT2D eigenvalue weighted by Crippen LogP contribution is -2.22. The van der Waals surface area contributed by atoms with Crippen molar-refractivity contribution in [3.05, 3.63) is 33.2 Å². The Morgan fingerprint density at radius 3 is 2.79 bits per heavy atom. The van der Waals surface area contributed by atoms with Gasteiger partial charge in [-0.25, -0.2) is 0 Å². The molecule has 1 rings (SSSR count). The van der Waals surface area contributed by atoms with E-state index in [2.05, 4.69) is 4.98 Å². The molecule has 0 aliphatic carbocycles. The molecule has 1 atom stereocenters. The first-order valence-corrected chi connectivity index (χ1v) is 4.39. The number of nitrogens with one attached hydrogen (secondary N) is 1. The first-order valence-electron chi connectivity index (χ1n) is 4.39. The number of nitrogens with zero attached hydrogens (tertiary/aromatic N) is 1. The normalized spacial score (nSPS) is 12.1. The molecular weight excluding hydrogens is 178 g/mol. The van der Waals surface area contributed by atoms with Gasteiger partial charge in [0.15, 0.2) is 5.43 Å². The zero-order valence-corrected chi connectivity index (χ0v) is 8.29. The van der Waals surface area contributed by atoms with Crippen LogP contribution in [0.4, 0.5) is 0 Å². The van der Waals surface area contributed by atoms with Gasteiger partial charge in [-0.15, -0.1) is 0 Å². The topological polar surface area (TPSA) is 82.7 Å². The number of hydrogen-bond donors (Lipinski definition) is 2. The van der Waals surface area contributed by atoms with Gasteiger partial charge in [0.2, 0.25) is 0 Å². The van der Waals surface area contributed by atoms with Gasteiger partial charge in [-0.3, -0.25) is 4.79 Å².